The number of hydrogen-bond acceptors (Lipinski definition) is 5. The van der Waals surface area contributed by atoms with E-state index in [1.807, 2.05) is 0 Å². The van der Waals surface area contributed by atoms with Crippen molar-refractivity contribution in [3.05, 3.63) is 40.4 Å². The Morgan fingerprint density at radius 3 is 2.84 bits per heavy atom. The summed E-state index contributed by atoms with van der Waals surface area (Å²) in [7, 11) is 1.42. The molecule has 1 N–H and O–H groups in total. The molecule has 2 aromatic rings. The Bertz CT molecular complexity index is 621. The lowest BCUT2D eigenvalue weighted by Crippen LogP contribution is -2.15. The fourth-order valence-electron chi connectivity index (χ4n) is 1.34. The number of rotatable bonds is 3. The molecule has 0 unspecified atom stereocenters. The fourth-order valence-corrected chi connectivity index (χ4v) is 1.61. The zero-order chi connectivity index (χ0) is 13.8. The van der Waals surface area contributed by atoms with Gasteiger partial charge in [0.2, 0.25) is 5.88 Å². The van der Waals surface area contributed by atoms with Crippen molar-refractivity contribution in [2.45, 2.75) is 0 Å². The van der Waals surface area contributed by atoms with Crippen molar-refractivity contribution >= 4 is 34.9 Å². The van der Waals surface area contributed by atoms with Gasteiger partial charge >= 0.3 is 0 Å². The first-order valence-electron chi connectivity index (χ1n) is 5.10. The minimum Gasteiger partial charge on any atom is -0.480 e. The minimum atomic E-state index is -0.457. The third-order valence-electron chi connectivity index (χ3n) is 2.19. The van der Waals surface area contributed by atoms with Crippen LogP contribution in [0.25, 0.3) is 0 Å². The fraction of sp³-hybridized carbons (Fsp3) is 0.0909. The van der Waals surface area contributed by atoms with Gasteiger partial charge in [-0.2, -0.15) is 0 Å². The Morgan fingerprint density at radius 2 is 2.11 bits per heavy atom. The Labute approximate surface area is 118 Å². The zero-order valence-corrected chi connectivity index (χ0v) is 11.2. The highest BCUT2D eigenvalue weighted by atomic mass is 35.5. The van der Waals surface area contributed by atoms with Crippen LogP contribution in [0.3, 0.4) is 0 Å². The molecule has 0 saturated carbocycles. The molecule has 0 aliphatic carbocycles. The summed E-state index contributed by atoms with van der Waals surface area (Å²) in [5.74, 6) is -0.129. The molecule has 0 bridgehead atoms. The van der Waals surface area contributed by atoms with Gasteiger partial charge in [-0.25, -0.2) is 15.0 Å². The lowest BCUT2D eigenvalue weighted by molar-refractivity contribution is 0.102. The van der Waals surface area contributed by atoms with Gasteiger partial charge in [0.15, 0.2) is 11.0 Å². The van der Waals surface area contributed by atoms with Crippen molar-refractivity contribution in [2.75, 3.05) is 12.4 Å². The number of carbonyl (C=O) groups is 1. The molecule has 1 amide bonds. The van der Waals surface area contributed by atoms with Crippen LogP contribution in [0.4, 0.5) is 5.82 Å². The lowest BCUT2D eigenvalue weighted by atomic mass is 10.2. The highest BCUT2D eigenvalue weighted by Crippen LogP contribution is 2.26. The van der Waals surface area contributed by atoms with Crippen LogP contribution in [-0.2, 0) is 0 Å². The molecule has 19 heavy (non-hydrogen) atoms. The molecule has 0 spiro atoms. The summed E-state index contributed by atoms with van der Waals surface area (Å²) in [5.41, 5.74) is 0.260. The molecule has 8 heteroatoms. The Kier molecular flexibility index (Phi) is 4.13. The average molecular weight is 299 g/mol. The molecular formula is C11H8Cl2N4O2. The van der Waals surface area contributed by atoms with Crippen LogP contribution in [0.1, 0.15) is 10.4 Å². The molecule has 0 radical (unpaired) electrons. The number of pyridine rings is 1. The Balaban J connectivity index is 2.28. The van der Waals surface area contributed by atoms with Crippen LogP contribution in [-0.4, -0.2) is 28.0 Å². The van der Waals surface area contributed by atoms with Gasteiger partial charge in [0.05, 0.1) is 7.11 Å². The van der Waals surface area contributed by atoms with Crippen LogP contribution < -0.4 is 10.1 Å². The normalized spacial score (nSPS) is 10.1. The largest absolute Gasteiger partial charge is 0.480 e. The van der Waals surface area contributed by atoms with Crippen molar-refractivity contribution in [3.8, 4) is 5.88 Å². The molecule has 0 atom stereocenters. The first-order valence-corrected chi connectivity index (χ1v) is 5.85. The predicted octanol–water partition coefficient (Wildman–Crippen LogP) is 2.44. The lowest BCUT2D eigenvalue weighted by Gasteiger charge is -2.08. The molecule has 0 aliphatic heterocycles. The van der Waals surface area contributed by atoms with Gasteiger partial charge < -0.3 is 10.1 Å². The standard InChI is InChI=1S/C11H8Cl2N4O2/c1-19-11-6(3-2-4-14-11)10(18)17-9-7(12)8(13)15-5-16-9/h2-5H,1H3,(H,15,16,17,18). The topological polar surface area (TPSA) is 77.0 Å². The number of methoxy groups -OCH3 is 1. The molecule has 0 aromatic carbocycles. The van der Waals surface area contributed by atoms with Gasteiger partial charge in [-0.3, -0.25) is 4.79 Å². The Morgan fingerprint density at radius 1 is 1.32 bits per heavy atom. The quantitative estimate of drug-likeness (QED) is 0.881. The van der Waals surface area contributed by atoms with E-state index in [1.165, 1.54) is 19.6 Å². The summed E-state index contributed by atoms with van der Waals surface area (Å²) < 4.78 is 4.99. The summed E-state index contributed by atoms with van der Waals surface area (Å²) in [4.78, 5) is 23.5. The molecule has 2 aromatic heterocycles. The molecule has 0 aliphatic rings. The highest BCUT2D eigenvalue weighted by molar-refractivity contribution is 6.43. The number of hydrogen-bond donors (Lipinski definition) is 1. The van der Waals surface area contributed by atoms with Gasteiger partial charge in [-0.05, 0) is 12.1 Å². The SMILES string of the molecule is COc1ncccc1C(=O)Nc1ncnc(Cl)c1Cl. The van der Waals surface area contributed by atoms with E-state index in [9.17, 15) is 4.79 Å². The number of carbonyl (C=O) groups excluding carboxylic acids is 1. The van der Waals surface area contributed by atoms with Crippen LogP contribution in [0, 0.1) is 0 Å². The summed E-state index contributed by atoms with van der Waals surface area (Å²) in [6, 6.07) is 3.18. The molecule has 0 saturated heterocycles. The van der Waals surface area contributed by atoms with E-state index < -0.39 is 5.91 Å². The summed E-state index contributed by atoms with van der Waals surface area (Å²) in [6.45, 7) is 0. The van der Waals surface area contributed by atoms with Crippen molar-refractivity contribution in [2.24, 2.45) is 0 Å². The number of halogens is 2. The number of nitrogens with zero attached hydrogens (tertiary/aromatic N) is 3. The summed E-state index contributed by atoms with van der Waals surface area (Å²) in [6.07, 6.45) is 2.72. The van der Waals surface area contributed by atoms with Crippen LogP contribution >= 0.6 is 23.2 Å². The van der Waals surface area contributed by atoms with E-state index >= 15 is 0 Å². The van der Waals surface area contributed by atoms with Gasteiger partial charge in [-0.15, -0.1) is 0 Å². The van der Waals surface area contributed by atoms with Crippen LogP contribution in [0.2, 0.25) is 10.2 Å². The average Bonchev–Trinajstić information content (AvgIpc) is 2.43. The van der Waals surface area contributed by atoms with E-state index in [4.69, 9.17) is 27.9 Å². The second-order valence-corrected chi connectivity index (χ2v) is 4.08. The van der Waals surface area contributed by atoms with E-state index in [2.05, 4.69) is 20.3 Å². The molecule has 2 heterocycles. The molecule has 0 fully saturated rings. The zero-order valence-electron chi connectivity index (χ0n) is 9.72. The van der Waals surface area contributed by atoms with E-state index in [1.54, 1.807) is 12.1 Å². The maximum atomic E-state index is 12.1. The monoisotopic (exact) mass is 298 g/mol. The Hall–Kier alpha value is -1.92. The van der Waals surface area contributed by atoms with Crippen molar-refractivity contribution in [1.29, 1.82) is 0 Å². The molecule has 2 rings (SSSR count). The summed E-state index contributed by atoms with van der Waals surface area (Å²) in [5, 5.41) is 2.65. The summed E-state index contributed by atoms with van der Waals surface area (Å²) >= 11 is 11.6. The van der Waals surface area contributed by atoms with Gasteiger partial charge in [0.25, 0.3) is 5.91 Å². The molecular weight excluding hydrogens is 291 g/mol. The van der Waals surface area contributed by atoms with Crippen LogP contribution in [0.15, 0.2) is 24.7 Å². The number of ether oxygens (including phenoxy) is 1. The maximum absolute atomic E-state index is 12.1. The number of nitrogens with one attached hydrogen (secondary N) is 1. The van der Waals surface area contributed by atoms with Crippen LogP contribution in [0.5, 0.6) is 5.88 Å². The second kappa shape index (κ2) is 5.81. The highest BCUT2D eigenvalue weighted by Gasteiger charge is 2.16. The maximum Gasteiger partial charge on any atom is 0.262 e. The minimum absolute atomic E-state index is 0.0603. The van der Waals surface area contributed by atoms with Crippen molar-refractivity contribution in [1.82, 2.24) is 15.0 Å². The number of amides is 1. The molecule has 98 valence electrons. The van der Waals surface area contributed by atoms with Gasteiger partial charge in [0.1, 0.15) is 16.9 Å². The second-order valence-electron chi connectivity index (χ2n) is 3.34. The molecule has 6 nitrogen and oxygen atoms in total. The third-order valence-corrected chi connectivity index (χ3v) is 2.93. The van der Waals surface area contributed by atoms with E-state index in [0.717, 1.165) is 0 Å². The van der Waals surface area contributed by atoms with Crippen molar-refractivity contribution < 1.29 is 9.53 Å². The van der Waals surface area contributed by atoms with Crippen molar-refractivity contribution in [3.63, 3.8) is 0 Å². The first kappa shape index (κ1) is 13.5. The van der Waals surface area contributed by atoms with E-state index in [0.29, 0.717) is 0 Å². The number of aromatic nitrogens is 3. The number of anilines is 1. The third kappa shape index (κ3) is 2.91. The predicted molar refractivity (Wildman–Crippen MR) is 70.8 cm³/mol. The van der Waals surface area contributed by atoms with E-state index in [-0.39, 0.29) is 27.4 Å². The van der Waals surface area contributed by atoms with Gasteiger partial charge in [0, 0.05) is 6.20 Å². The van der Waals surface area contributed by atoms with Gasteiger partial charge in [-0.1, -0.05) is 23.2 Å². The smallest absolute Gasteiger partial charge is 0.262 e. The first-order chi connectivity index (χ1) is 9.13.